The lowest BCUT2D eigenvalue weighted by Crippen LogP contribution is -2.13. The van der Waals surface area contributed by atoms with Gasteiger partial charge in [-0.15, -0.1) is 12.4 Å². The second kappa shape index (κ2) is 11.3. The molecule has 0 aliphatic carbocycles. The number of aromatic carboxylic acids is 1. The summed E-state index contributed by atoms with van der Waals surface area (Å²) in [5.74, 6) is 1.78. The van der Waals surface area contributed by atoms with Crippen LogP contribution in [0.25, 0.3) is 0 Å². The van der Waals surface area contributed by atoms with E-state index in [0.29, 0.717) is 31.2 Å². The first kappa shape index (κ1) is 24.7. The number of carbonyl (C=O) groups is 1. The van der Waals surface area contributed by atoms with E-state index >= 15 is 0 Å². The van der Waals surface area contributed by atoms with Crippen molar-refractivity contribution in [2.24, 2.45) is 0 Å². The van der Waals surface area contributed by atoms with Crippen LogP contribution >= 0.6 is 28.3 Å². The SMILES string of the molecule is COc1cc(CNCc2ccc(C(=O)O)cc2)cc(Br)c1OCc1ccc2c(c1)OCO2.Cl. The number of rotatable bonds is 9. The first-order valence-electron chi connectivity index (χ1n) is 9.94. The van der Waals surface area contributed by atoms with Crippen molar-refractivity contribution in [3.05, 3.63) is 81.3 Å². The van der Waals surface area contributed by atoms with Gasteiger partial charge in [-0.1, -0.05) is 18.2 Å². The van der Waals surface area contributed by atoms with Gasteiger partial charge < -0.3 is 29.4 Å². The number of carboxylic acid groups (broad SMARTS) is 1. The van der Waals surface area contributed by atoms with Crippen LogP contribution in [0.3, 0.4) is 0 Å². The molecule has 33 heavy (non-hydrogen) atoms. The minimum Gasteiger partial charge on any atom is -0.493 e. The van der Waals surface area contributed by atoms with E-state index in [-0.39, 0.29) is 24.8 Å². The summed E-state index contributed by atoms with van der Waals surface area (Å²) in [6.45, 7) is 1.82. The number of nitrogens with one attached hydrogen (secondary N) is 1. The van der Waals surface area contributed by atoms with Crippen LogP contribution in [-0.2, 0) is 19.7 Å². The quantitative estimate of drug-likeness (QED) is 0.390. The predicted octanol–water partition coefficient (Wildman–Crippen LogP) is 5.18. The number of methoxy groups -OCH3 is 1. The lowest BCUT2D eigenvalue weighted by atomic mass is 10.1. The maximum absolute atomic E-state index is 11.0. The van der Waals surface area contributed by atoms with Crippen molar-refractivity contribution in [3.63, 3.8) is 0 Å². The predicted molar refractivity (Wildman–Crippen MR) is 129 cm³/mol. The molecule has 174 valence electrons. The Hall–Kier alpha value is -2.94. The van der Waals surface area contributed by atoms with E-state index in [1.165, 1.54) is 0 Å². The van der Waals surface area contributed by atoms with Crippen molar-refractivity contribution in [1.29, 1.82) is 0 Å². The Labute approximate surface area is 206 Å². The lowest BCUT2D eigenvalue weighted by Gasteiger charge is -2.15. The zero-order valence-corrected chi connectivity index (χ0v) is 20.2. The van der Waals surface area contributed by atoms with Crippen molar-refractivity contribution < 1.29 is 28.8 Å². The highest BCUT2D eigenvalue weighted by molar-refractivity contribution is 9.10. The summed E-state index contributed by atoms with van der Waals surface area (Å²) >= 11 is 3.59. The van der Waals surface area contributed by atoms with Crippen LogP contribution in [0.15, 0.2) is 59.1 Å². The summed E-state index contributed by atoms with van der Waals surface area (Å²) in [5, 5.41) is 12.3. The van der Waals surface area contributed by atoms with Gasteiger partial charge in [0.2, 0.25) is 6.79 Å². The average Bonchev–Trinajstić information content (AvgIpc) is 3.26. The van der Waals surface area contributed by atoms with Gasteiger partial charge in [-0.3, -0.25) is 0 Å². The van der Waals surface area contributed by atoms with Gasteiger partial charge in [0, 0.05) is 13.1 Å². The van der Waals surface area contributed by atoms with Gasteiger partial charge in [0.05, 0.1) is 17.1 Å². The van der Waals surface area contributed by atoms with E-state index in [9.17, 15) is 4.79 Å². The number of carboxylic acids is 1. The Balaban J connectivity index is 0.00000306. The molecular formula is C24H23BrClNO6. The summed E-state index contributed by atoms with van der Waals surface area (Å²) in [7, 11) is 1.61. The Morgan fingerprint density at radius 3 is 2.42 bits per heavy atom. The van der Waals surface area contributed by atoms with Crippen molar-refractivity contribution in [2.45, 2.75) is 19.7 Å². The molecule has 0 saturated heterocycles. The zero-order chi connectivity index (χ0) is 22.5. The topological polar surface area (TPSA) is 86.3 Å². The minimum absolute atomic E-state index is 0. The van der Waals surface area contributed by atoms with Crippen LogP contribution in [-0.4, -0.2) is 25.0 Å². The molecule has 0 saturated carbocycles. The number of ether oxygens (including phenoxy) is 4. The molecule has 2 N–H and O–H groups in total. The molecule has 3 aromatic rings. The third-order valence-corrected chi connectivity index (χ3v) is 5.56. The summed E-state index contributed by atoms with van der Waals surface area (Å²) in [6.07, 6.45) is 0. The lowest BCUT2D eigenvalue weighted by molar-refractivity contribution is 0.0697. The second-order valence-corrected chi connectivity index (χ2v) is 8.05. The first-order valence-corrected chi connectivity index (χ1v) is 10.7. The molecule has 7 nitrogen and oxygen atoms in total. The fourth-order valence-electron chi connectivity index (χ4n) is 3.32. The maximum Gasteiger partial charge on any atom is 0.335 e. The minimum atomic E-state index is -0.928. The summed E-state index contributed by atoms with van der Waals surface area (Å²) in [6, 6.07) is 16.4. The normalized spacial score (nSPS) is 11.6. The van der Waals surface area contributed by atoms with Crippen LogP contribution < -0.4 is 24.3 Å². The van der Waals surface area contributed by atoms with Crippen LogP contribution in [0, 0.1) is 0 Å². The summed E-state index contributed by atoms with van der Waals surface area (Å²) in [4.78, 5) is 11.0. The van der Waals surface area contributed by atoms with Crippen molar-refractivity contribution in [3.8, 4) is 23.0 Å². The second-order valence-electron chi connectivity index (χ2n) is 7.19. The average molecular weight is 537 g/mol. The van der Waals surface area contributed by atoms with Crippen LogP contribution in [0.1, 0.15) is 27.0 Å². The van der Waals surface area contributed by atoms with Gasteiger partial charge in [0.1, 0.15) is 6.61 Å². The Bertz CT molecular complexity index is 1120. The van der Waals surface area contributed by atoms with Gasteiger partial charge in [0.25, 0.3) is 0 Å². The Morgan fingerprint density at radius 2 is 1.70 bits per heavy atom. The monoisotopic (exact) mass is 535 g/mol. The smallest absolute Gasteiger partial charge is 0.335 e. The van der Waals surface area contributed by atoms with E-state index in [1.807, 2.05) is 30.3 Å². The zero-order valence-electron chi connectivity index (χ0n) is 17.8. The standard InChI is InChI=1S/C24H22BrNO6.ClH/c1-29-22-10-17(12-26-11-15-2-5-18(6-3-15)24(27)28)8-19(25)23(22)30-13-16-4-7-20-21(9-16)32-14-31-20;/h2-10,26H,11-14H2,1H3,(H,27,28);1H. The summed E-state index contributed by atoms with van der Waals surface area (Å²) in [5.41, 5.74) is 3.26. The molecule has 1 aliphatic rings. The first-order chi connectivity index (χ1) is 15.5. The fraction of sp³-hybridized carbons (Fsp3) is 0.208. The van der Waals surface area contributed by atoms with Crippen molar-refractivity contribution in [2.75, 3.05) is 13.9 Å². The molecule has 0 amide bonds. The molecule has 1 heterocycles. The summed E-state index contributed by atoms with van der Waals surface area (Å²) < 4.78 is 23.1. The molecule has 9 heteroatoms. The molecule has 0 spiro atoms. The molecule has 3 aromatic carbocycles. The number of hydrogen-bond acceptors (Lipinski definition) is 6. The van der Waals surface area contributed by atoms with Gasteiger partial charge in [-0.05, 0) is 69.0 Å². The van der Waals surface area contributed by atoms with E-state index in [1.54, 1.807) is 31.4 Å². The number of halogens is 2. The van der Waals surface area contributed by atoms with Gasteiger partial charge in [0.15, 0.2) is 23.0 Å². The number of benzene rings is 3. The largest absolute Gasteiger partial charge is 0.493 e. The van der Waals surface area contributed by atoms with Crippen LogP contribution in [0.5, 0.6) is 23.0 Å². The molecule has 1 aliphatic heterocycles. The van der Waals surface area contributed by atoms with E-state index in [0.717, 1.165) is 32.7 Å². The van der Waals surface area contributed by atoms with Crippen molar-refractivity contribution >= 4 is 34.3 Å². The molecule has 4 rings (SSSR count). The van der Waals surface area contributed by atoms with Gasteiger partial charge in [-0.2, -0.15) is 0 Å². The maximum atomic E-state index is 11.0. The van der Waals surface area contributed by atoms with Crippen LogP contribution in [0.2, 0.25) is 0 Å². The third kappa shape index (κ3) is 6.10. The fourth-order valence-corrected chi connectivity index (χ4v) is 3.92. The Morgan fingerprint density at radius 1 is 1.00 bits per heavy atom. The Kier molecular flexibility index (Phi) is 8.43. The van der Waals surface area contributed by atoms with E-state index in [4.69, 9.17) is 24.1 Å². The van der Waals surface area contributed by atoms with E-state index in [2.05, 4.69) is 21.2 Å². The highest BCUT2D eigenvalue weighted by atomic mass is 79.9. The van der Waals surface area contributed by atoms with E-state index < -0.39 is 5.97 Å². The molecule has 0 radical (unpaired) electrons. The molecule has 0 bridgehead atoms. The van der Waals surface area contributed by atoms with Crippen LogP contribution in [0.4, 0.5) is 0 Å². The molecule has 0 aromatic heterocycles. The molecule has 0 fully saturated rings. The third-order valence-electron chi connectivity index (χ3n) is 4.97. The number of hydrogen-bond donors (Lipinski definition) is 2. The highest BCUT2D eigenvalue weighted by Gasteiger charge is 2.15. The molecular weight excluding hydrogens is 514 g/mol. The number of fused-ring (bicyclic) bond motifs is 1. The van der Waals surface area contributed by atoms with Gasteiger partial charge in [-0.25, -0.2) is 4.79 Å². The highest BCUT2D eigenvalue weighted by Crippen LogP contribution is 2.38. The molecule has 0 atom stereocenters. The molecule has 0 unspecified atom stereocenters. The van der Waals surface area contributed by atoms with Gasteiger partial charge >= 0.3 is 5.97 Å². The van der Waals surface area contributed by atoms with Crippen molar-refractivity contribution in [1.82, 2.24) is 5.32 Å².